The molecule has 23 heavy (non-hydrogen) atoms. The molecule has 0 aromatic heterocycles. The summed E-state index contributed by atoms with van der Waals surface area (Å²) in [6.07, 6.45) is 4.00. The number of piperazine rings is 1. The monoisotopic (exact) mass is 315 g/mol. The van der Waals surface area contributed by atoms with Crippen LogP contribution < -0.4 is 5.32 Å². The van der Waals surface area contributed by atoms with Crippen LogP contribution in [0, 0.1) is 5.92 Å². The summed E-state index contributed by atoms with van der Waals surface area (Å²) in [6.45, 7) is 6.27. The second kappa shape index (κ2) is 7.93. The topological polar surface area (TPSA) is 35.6 Å². The summed E-state index contributed by atoms with van der Waals surface area (Å²) in [4.78, 5) is 17.0. The van der Waals surface area contributed by atoms with Crippen molar-refractivity contribution in [2.24, 2.45) is 5.92 Å². The zero-order chi connectivity index (χ0) is 16.1. The van der Waals surface area contributed by atoms with Crippen molar-refractivity contribution >= 4 is 5.91 Å². The van der Waals surface area contributed by atoms with Gasteiger partial charge in [-0.05, 0) is 43.4 Å². The van der Waals surface area contributed by atoms with Gasteiger partial charge in [0.25, 0.3) is 0 Å². The molecule has 1 aliphatic heterocycles. The normalized spacial score (nSPS) is 22.6. The summed E-state index contributed by atoms with van der Waals surface area (Å²) < 4.78 is 0. The van der Waals surface area contributed by atoms with Crippen molar-refractivity contribution in [1.82, 2.24) is 15.1 Å². The van der Waals surface area contributed by atoms with Gasteiger partial charge in [0, 0.05) is 45.7 Å². The van der Waals surface area contributed by atoms with Crippen molar-refractivity contribution in [1.29, 1.82) is 0 Å². The molecule has 0 radical (unpaired) electrons. The summed E-state index contributed by atoms with van der Waals surface area (Å²) in [6, 6.07) is 8.66. The minimum Gasteiger partial charge on any atom is -0.355 e. The molecule has 1 unspecified atom stereocenters. The van der Waals surface area contributed by atoms with Gasteiger partial charge in [-0.2, -0.15) is 0 Å². The Balaban J connectivity index is 1.35. The molecule has 0 saturated carbocycles. The Labute approximate surface area is 139 Å². The van der Waals surface area contributed by atoms with Crippen LogP contribution in [0.25, 0.3) is 0 Å². The second-order valence-electron chi connectivity index (χ2n) is 7.08. The number of carbonyl (C=O) groups excluding carboxylic acids is 1. The van der Waals surface area contributed by atoms with Crippen molar-refractivity contribution in [3.8, 4) is 0 Å². The van der Waals surface area contributed by atoms with E-state index in [-0.39, 0.29) is 5.91 Å². The minimum atomic E-state index is 0.225. The highest BCUT2D eigenvalue weighted by Crippen LogP contribution is 2.27. The van der Waals surface area contributed by atoms with E-state index in [4.69, 9.17) is 0 Å². The molecule has 1 N–H and O–H groups in total. The SMILES string of the molecule is CN1CCN(CCNC(=O)CC2CCc3ccccc3C2)CC1. The number of aryl methyl sites for hydroxylation is 1. The molecular formula is C19H29N3O. The zero-order valence-electron chi connectivity index (χ0n) is 14.3. The first kappa shape index (κ1) is 16.5. The number of nitrogens with zero attached hydrogens (tertiary/aromatic N) is 2. The molecule has 0 spiro atoms. The molecule has 3 rings (SSSR count). The maximum Gasteiger partial charge on any atom is 0.220 e. The molecule has 1 saturated heterocycles. The molecule has 4 heteroatoms. The smallest absolute Gasteiger partial charge is 0.220 e. The highest BCUT2D eigenvalue weighted by molar-refractivity contribution is 5.76. The predicted octanol–water partition coefficient (Wildman–Crippen LogP) is 1.55. The number of hydrogen-bond acceptors (Lipinski definition) is 3. The molecule has 126 valence electrons. The van der Waals surface area contributed by atoms with Crippen molar-refractivity contribution < 1.29 is 4.79 Å². The van der Waals surface area contributed by atoms with E-state index in [1.54, 1.807) is 0 Å². The van der Waals surface area contributed by atoms with Gasteiger partial charge in [-0.3, -0.25) is 9.69 Å². The number of fused-ring (bicyclic) bond motifs is 1. The van der Waals surface area contributed by atoms with Crippen LogP contribution in [0.3, 0.4) is 0 Å². The van der Waals surface area contributed by atoms with Gasteiger partial charge >= 0.3 is 0 Å². The van der Waals surface area contributed by atoms with Gasteiger partial charge in [0.1, 0.15) is 0 Å². The third-order valence-corrected chi connectivity index (χ3v) is 5.27. The Hall–Kier alpha value is -1.39. The maximum absolute atomic E-state index is 12.2. The van der Waals surface area contributed by atoms with Crippen molar-refractivity contribution in [2.75, 3.05) is 46.3 Å². The van der Waals surface area contributed by atoms with Crippen LogP contribution in [-0.2, 0) is 17.6 Å². The van der Waals surface area contributed by atoms with E-state index in [1.165, 1.54) is 11.1 Å². The second-order valence-corrected chi connectivity index (χ2v) is 7.08. The lowest BCUT2D eigenvalue weighted by Crippen LogP contribution is -2.47. The van der Waals surface area contributed by atoms with Gasteiger partial charge in [0.15, 0.2) is 0 Å². The fourth-order valence-corrected chi connectivity index (χ4v) is 3.71. The van der Waals surface area contributed by atoms with E-state index < -0.39 is 0 Å². The highest BCUT2D eigenvalue weighted by Gasteiger charge is 2.21. The van der Waals surface area contributed by atoms with Crippen LogP contribution in [0.2, 0.25) is 0 Å². The van der Waals surface area contributed by atoms with E-state index >= 15 is 0 Å². The van der Waals surface area contributed by atoms with Crippen LogP contribution in [0.5, 0.6) is 0 Å². The molecule has 4 nitrogen and oxygen atoms in total. The third kappa shape index (κ3) is 4.79. The lowest BCUT2D eigenvalue weighted by Gasteiger charge is -2.32. The minimum absolute atomic E-state index is 0.225. The number of benzene rings is 1. The van der Waals surface area contributed by atoms with Crippen LogP contribution >= 0.6 is 0 Å². The quantitative estimate of drug-likeness (QED) is 0.895. The van der Waals surface area contributed by atoms with Crippen LogP contribution in [0.15, 0.2) is 24.3 Å². The Bertz CT molecular complexity index is 523. The average molecular weight is 315 g/mol. The van der Waals surface area contributed by atoms with Gasteiger partial charge in [0.05, 0.1) is 0 Å². The maximum atomic E-state index is 12.2. The van der Waals surface area contributed by atoms with Gasteiger partial charge in [-0.15, -0.1) is 0 Å². The van der Waals surface area contributed by atoms with Gasteiger partial charge < -0.3 is 10.2 Å². The van der Waals surface area contributed by atoms with Crippen molar-refractivity contribution in [3.05, 3.63) is 35.4 Å². The Kier molecular flexibility index (Phi) is 5.68. The average Bonchev–Trinajstić information content (AvgIpc) is 2.56. The van der Waals surface area contributed by atoms with Gasteiger partial charge in [-0.1, -0.05) is 24.3 Å². The first-order valence-corrected chi connectivity index (χ1v) is 8.95. The highest BCUT2D eigenvalue weighted by atomic mass is 16.1. The number of nitrogens with one attached hydrogen (secondary N) is 1. The number of carbonyl (C=O) groups is 1. The fourth-order valence-electron chi connectivity index (χ4n) is 3.71. The molecule has 0 bridgehead atoms. The van der Waals surface area contributed by atoms with Crippen molar-refractivity contribution in [3.63, 3.8) is 0 Å². The lowest BCUT2D eigenvalue weighted by atomic mass is 9.82. The molecule has 1 heterocycles. The van der Waals surface area contributed by atoms with E-state index in [0.717, 1.165) is 58.5 Å². The molecule has 1 aromatic rings. The zero-order valence-corrected chi connectivity index (χ0v) is 14.3. The molecule has 1 fully saturated rings. The molecule has 1 aromatic carbocycles. The fraction of sp³-hybridized carbons (Fsp3) is 0.632. The van der Waals surface area contributed by atoms with Gasteiger partial charge in [0.2, 0.25) is 5.91 Å². The Morgan fingerprint density at radius 1 is 1.17 bits per heavy atom. The molecule has 1 aliphatic carbocycles. The molecular weight excluding hydrogens is 286 g/mol. The summed E-state index contributed by atoms with van der Waals surface area (Å²) in [5, 5.41) is 3.12. The van der Waals surface area contributed by atoms with Crippen LogP contribution in [0.1, 0.15) is 24.0 Å². The summed E-state index contributed by atoms with van der Waals surface area (Å²) in [5.41, 5.74) is 2.91. The summed E-state index contributed by atoms with van der Waals surface area (Å²) in [7, 11) is 2.17. The number of rotatable bonds is 5. The van der Waals surface area contributed by atoms with Crippen molar-refractivity contribution in [2.45, 2.75) is 25.7 Å². The third-order valence-electron chi connectivity index (χ3n) is 5.27. The lowest BCUT2D eigenvalue weighted by molar-refractivity contribution is -0.122. The van der Waals surface area contributed by atoms with E-state index in [2.05, 4.69) is 46.4 Å². The number of hydrogen-bond donors (Lipinski definition) is 1. The van der Waals surface area contributed by atoms with Gasteiger partial charge in [-0.25, -0.2) is 0 Å². The van der Waals surface area contributed by atoms with Crippen LogP contribution in [0.4, 0.5) is 0 Å². The molecule has 2 aliphatic rings. The summed E-state index contributed by atoms with van der Waals surface area (Å²) in [5.74, 6) is 0.733. The molecule has 1 atom stereocenters. The predicted molar refractivity (Wildman–Crippen MR) is 93.5 cm³/mol. The largest absolute Gasteiger partial charge is 0.355 e. The summed E-state index contributed by atoms with van der Waals surface area (Å²) >= 11 is 0. The Morgan fingerprint density at radius 2 is 1.91 bits per heavy atom. The van der Waals surface area contributed by atoms with Crippen LogP contribution in [-0.4, -0.2) is 62.0 Å². The van der Waals surface area contributed by atoms with E-state index in [9.17, 15) is 4.79 Å². The first-order valence-electron chi connectivity index (χ1n) is 8.95. The first-order chi connectivity index (χ1) is 11.2. The standard InChI is InChI=1S/C19H29N3O/c1-21-10-12-22(13-11-21)9-8-20-19(23)15-16-6-7-17-4-2-3-5-18(17)14-16/h2-5,16H,6-15H2,1H3,(H,20,23). The van der Waals surface area contributed by atoms with E-state index in [0.29, 0.717) is 12.3 Å². The van der Waals surface area contributed by atoms with E-state index in [1.807, 2.05) is 0 Å². The Morgan fingerprint density at radius 3 is 2.70 bits per heavy atom. The number of likely N-dealkylation sites (N-methyl/N-ethyl adjacent to an activating group) is 1. The molecule has 1 amide bonds. The number of amides is 1.